The summed E-state index contributed by atoms with van der Waals surface area (Å²) in [4.78, 5) is 0. The second-order valence-corrected chi connectivity index (χ2v) is 6.01. The number of halogens is 2. The van der Waals surface area contributed by atoms with E-state index >= 15 is 0 Å². The van der Waals surface area contributed by atoms with E-state index in [1.165, 1.54) is 25.0 Å². The Morgan fingerprint density at radius 3 is 2.29 bits per heavy atom. The van der Waals surface area contributed by atoms with Crippen LogP contribution in [0.1, 0.15) is 56.9 Å². The van der Waals surface area contributed by atoms with Gasteiger partial charge in [0, 0.05) is 5.92 Å². The summed E-state index contributed by atoms with van der Waals surface area (Å²) in [5.74, 6) is 4.43. The monoisotopic (exact) mass is 290 g/mol. The van der Waals surface area contributed by atoms with Crippen LogP contribution in [0.5, 0.6) is 5.75 Å². The number of benzene rings is 1. The molecule has 1 aromatic rings. The molecule has 0 amide bonds. The Kier molecular flexibility index (Phi) is 4.43. The molecule has 0 heterocycles. The van der Waals surface area contributed by atoms with Gasteiger partial charge in [-0.15, -0.1) is 0 Å². The lowest BCUT2D eigenvalue weighted by Crippen LogP contribution is -2.12. The zero-order chi connectivity index (χ0) is 14.7. The van der Waals surface area contributed by atoms with Crippen LogP contribution in [0.25, 0.3) is 0 Å². The van der Waals surface area contributed by atoms with Gasteiger partial charge in [0.1, 0.15) is 0 Å². The quantitative estimate of drug-likeness (QED) is 0.709. The molecule has 21 heavy (non-hydrogen) atoms. The van der Waals surface area contributed by atoms with Crippen molar-refractivity contribution >= 4 is 0 Å². The van der Waals surface area contributed by atoms with Gasteiger partial charge in [-0.2, -0.15) is 4.39 Å². The van der Waals surface area contributed by atoms with Crippen molar-refractivity contribution in [2.24, 2.45) is 5.92 Å². The van der Waals surface area contributed by atoms with E-state index in [2.05, 4.69) is 11.8 Å². The van der Waals surface area contributed by atoms with E-state index in [1.54, 1.807) is 0 Å². The summed E-state index contributed by atoms with van der Waals surface area (Å²) in [5, 5.41) is 0. The van der Waals surface area contributed by atoms with Crippen LogP contribution >= 0.6 is 0 Å². The number of rotatable bonds is 2. The van der Waals surface area contributed by atoms with Crippen molar-refractivity contribution in [2.75, 3.05) is 0 Å². The van der Waals surface area contributed by atoms with Crippen LogP contribution in [0.15, 0.2) is 12.1 Å². The van der Waals surface area contributed by atoms with Crippen molar-refractivity contribution in [2.45, 2.75) is 57.5 Å². The predicted molar refractivity (Wildman–Crippen MR) is 78.1 cm³/mol. The normalized spacial score (nSPS) is 19.5. The fourth-order valence-corrected chi connectivity index (χ4v) is 3.16. The van der Waals surface area contributed by atoms with Crippen molar-refractivity contribution in [3.8, 4) is 17.6 Å². The molecule has 0 atom stereocenters. The second kappa shape index (κ2) is 6.47. The van der Waals surface area contributed by atoms with Crippen LogP contribution in [0.2, 0.25) is 0 Å². The van der Waals surface area contributed by atoms with E-state index in [-0.39, 0.29) is 17.4 Å². The van der Waals surface area contributed by atoms with E-state index < -0.39 is 11.6 Å². The maximum Gasteiger partial charge on any atom is 0.201 e. The molecule has 1 aromatic carbocycles. The molecule has 112 valence electrons. The Balaban J connectivity index is 1.75. The molecule has 2 aliphatic rings. The van der Waals surface area contributed by atoms with E-state index in [1.807, 2.05) is 0 Å². The Morgan fingerprint density at radius 2 is 1.57 bits per heavy atom. The third-order valence-corrected chi connectivity index (χ3v) is 4.41. The molecule has 0 aromatic heterocycles. The average molecular weight is 290 g/mol. The average Bonchev–Trinajstić information content (AvgIpc) is 3.16. The fourth-order valence-electron chi connectivity index (χ4n) is 3.16. The summed E-state index contributed by atoms with van der Waals surface area (Å²) in [6, 6.07) is 3.04. The van der Waals surface area contributed by atoms with Gasteiger partial charge in [0.2, 0.25) is 5.82 Å². The van der Waals surface area contributed by atoms with Crippen molar-refractivity contribution in [3.05, 3.63) is 29.3 Å². The lowest BCUT2D eigenvalue weighted by Gasteiger charge is -2.14. The van der Waals surface area contributed by atoms with Gasteiger partial charge in [-0.25, -0.2) is 4.39 Å². The smallest absolute Gasteiger partial charge is 0.201 e. The molecular weight excluding hydrogens is 270 g/mol. The molecule has 3 heteroatoms. The van der Waals surface area contributed by atoms with Crippen molar-refractivity contribution in [1.29, 1.82) is 0 Å². The summed E-state index contributed by atoms with van der Waals surface area (Å²) in [6.45, 7) is 0. The summed E-state index contributed by atoms with van der Waals surface area (Å²) in [6.07, 6.45) is 8.57. The van der Waals surface area contributed by atoms with Crippen molar-refractivity contribution < 1.29 is 13.5 Å². The van der Waals surface area contributed by atoms with Crippen molar-refractivity contribution in [1.82, 2.24) is 0 Å². The second-order valence-electron chi connectivity index (χ2n) is 6.01. The van der Waals surface area contributed by atoms with E-state index in [4.69, 9.17) is 4.74 Å². The first-order chi connectivity index (χ1) is 10.2. The Hall–Kier alpha value is -1.56. The lowest BCUT2D eigenvalue weighted by atomic mass is 10.1. The third-order valence-electron chi connectivity index (χ3n) is 4.41. The molecule has 0 aliphatic heterocycles. The minimum absolute atomic E-state index is 0.0193. The van der Waals surface area contributed by atoms with Crippen LogP contribution < -0.4 is 4.74 Å². The lowest BCUT2D eigenvalue weighted by molar-refractivity contribution is 0.198. The molecule has 0 unspecified atom stereocenters. The van der Waals surface area contributed by atoms with Gasteiger partial charge < -0.3 is 4.74 Å². The maximum atomic E-state index is 14.1. The molecule has 2 fully saturated rings. The molecule has 0 radical (unpaired) electrons. The fraction of sp³-hybridized carbons (Fsp3) is 0.556. The van der Waals surface area contributed by atoms with Gasteiger partial charge in [-0.05, 0) is 50.7 Å². The van der Waals surface area contributed by atoms with E-state index in [0.29, 0.717) is 5.92 Å². The summed E-state index contributed by atoms with van der Waals surface area (Å²) in [5.41, 5.74) is 0.137. The highest BCUT2D eigenvalue weighted by molar-refractivity contribution is 5.41. The molecule has 0 bridgehead atoms. The minimum atomic E-state index is -0.903. The topological polar surface area (TPSA) is 9.23 Å². The molecule has 3 rings (SSSR count). The van der Waals surface area contributed by atoms with Gasteiger partial charge in [0.05, 0.1) is 11.7 Å². The highest BCUT2D eigenvalue weighted by Crippen LogP contribution is 2.28. The van der Waals surface area contributed by atoms with Crippen molar-refractivity contribution in [3.63, 3.8) is 0 Å². The van der Waals surface area contributed by atoms with Crippen LogP contribution in [0, 0.1) is 29.4 Å². The summed E-state index contributed by atoms with van der Waals surface area (Å²) < 4.78 is 33.7. The van der Waals surface area contributed by atoms with Crippen LogP contribution in [0.3, 0.4) is 0 Å². The van der Waals surface area contributed by atoms with E-state index in [0.717, 1.165) is 38.5 Å². The summed E-state index contributed by atoms with van der Waals surface area (Å²) >= 11 is 0. The van der Waals surface area contributed by atoms with Gasteiger partial charge in [-0.3, -0.25) is 0 Å². The summed E-state index contributed by atoms with van der Waals surface area (Å²) in [7, 11) is 0. The van der Waals surface area contributed by atoms with Gasteiger partial charge in [0.15, 0.2) is 11.6 Å². The van der Waals surface area contributed by atoms with Crippen LogP contribution in [-0.2, 0) is 0 Å². The van der Waals surface area contributed by atoms with E-state index in [9.17, 15) is 8.78 Å². The molecule has 0 saturated heterocycles. The largest absolute Gasteiger partial charge is 0.487 e. The first-order valence-electron chi connectivity index (χ1n) is 7.90. The zero-order valence-electron chi connectivity index (χ0n) is 12.1. The maximum absolute atomic E-state index is 14.1. The first kappa shape index (κ1) is 14.4. The standard InChI is InChI=1S/C18H20F2O/c19-17-14(10-9-13-5-1-2-6-13)11-12-16(18(17)20)21-15-7-3-4-8-15/h11-13,15H,1-8H2. The first-order valence-corrected chi connectivity index (χ1v) is 7.90. The van der Waals surface area contributed by atoms with Gasteiger partial charge >= 0.3 is 0 Å². The highest BCUT2D eigenvalue weighted by Gasteiger charge is 2.20. The molecule has 0 spiro atoms. The number of hydrogen-bond donors (Lipinski definition) is 0. The molecule has 2 saturated carbocycles. The zero-order valence-corrected chi connectivity index (χ0v) is 12.1. The number of hydrogen-bond acceptors (Lipinski definition) is 1. The highest BCUT2D eigenvalue weighted by atomic mass is 19.2. The predicted octanol–water partition coefficient (Wildman–Crippen LogP) is 4.83. The Morgan fingerprint density at radius 1 is 0.905 bits per heavy atom. The van der Waals surface area contributed by atoms with Gasteiger partial charge in [0.25, 0.3) is 0 Å². The number of ether oxygens (including phenoxy) is 1. The van der Waals surface area contributed by atoms with Crippen LogP contribution in [0.4, 0.5) is 8.78 Å². The molecule has 0 N–H and O–H groups in total. The minimum Gasteiger partial charge on any atom is -0.487 e. The molecular formula is C18H20F2O. The third kappa shape index (κ3) is 3.37. The molecule has 2 aliphatic carbocycles. The van der Waals surface area contributed by atoms with Crippen LogP contribution in [-0.4, -0.2) is 6.10 Å². The molecule has 1 nitrogen and oxygen atoms in total. The Bertz CT molecular complexity index is 559. The van der Waals surface area contributed by atoms with Gasteiger partial charge in [-0.1, -0.05) is 24.7 Å². The SMILES string of the molecule is Fc1c(C#CC2CCCC2)ccc(OC2CCCC2)c1F. The Labute approximate surface area is 124 Å².